The van der Waals surface area contributed by atoms with Gasteiger partial charge in [-0.05, 0) is 62.1 Å². The number of amides is 3. The molecule has 0 radical (unpaired) electrons. The molecule has 0 saturated carbocycles. The van der Waals surface area contributed by atoms with Crippen LogP contribution < -0.4 is 20.7 Å². The number of carbonyl (C=O) groups excluding carboxylic acids is 4. The summed E-state index contributed by atoms with van der Waals surface area (Å²) in [7, 11) is 1.25. The first-order chi connectivity index (χ1) is 18.9. The van der Waals surface area contributed by atoms with Gasteiger partial charge in [-0.2, -0.15) is 0 Å². The summed E-state index contributed by atoms with van der Waals surface area (Å²) in [5.41, 5.74) is 0.742. The van der Waals surface area contributed by atoms with E-state index >= 15 is 0 Å². The highest BCUT2D eigenvalue weighted by Crippen LogP contribution is 2.24. The molecule has 2 aromatic rings. The van der Waals surface area contributed by atoms with Crippen molar-refractivity contribution < 1.29 is 33.4 Å². The molecule has 216 valence electrons. The SMILES string of the molecule is CCC(C)[C@@H]1NC(=O)[C@@H](NC(=O)OC(C)(C)C)Cc2ccc(cc2)Oc2cccc(c2)C[C@@H](C(=O)OC)NC1=O. The second-order valence-electron chi connectivity index (χ2n) is 11.0. The summed E-state index contributed by atoms with van der Waals surface area (Å²) in [6.07, 6.45) is 0.110. The molecule has 40 heavy (non-hydrogen) atoms. The minimum Gasteiger partial charge on any atom is -0.467 e. The van der Waals surface area contributed by atoms with Crippen molar-refractivity contribution in [3.8, 4) is 11.5 Å². The van der Waals surface area contributed by atoms with Crippen molar-refractivity contribution in [1.29, 1.82) is 0 Å². The average Bonchev–Trinajstić information content (AvgIpc) is 2.89. The van der Waals surface area contributed by atoms with E-state index in [0.29, 0.717) is 17.9 Å². The molecule has 0 aromatic heterocycles. The van der Waals surface area contributed by atoms with E-state index in [1.807, 2.05) is 19.9 Å². The number of alkyl carbamates (subject to hydrolysis) is 1. The summed E-state index contributed by atoms with van der Waals surface area (Å²) >= 11 is 0. The molecule has 3 N–H and O–H groups in total. The lowest BCUT2D eigenvalue weighted by atomic mass is 9.96. The van der Waals surface area contributed by atoms with Gasteiger partial charge in [-0.25, -0.2) is 9.59 Å². The lowest BCUT2D eigenvalue weighted by Gasteiger charge is -2.28. The van der Waals surface area contributed by atoms with E-state index in [0.717, 1.165) is 11.1 Å². The molecule has 2 heterocycles. The highest BCUT2D eigenvalue weighted by Gasteiger charge is 2.33. The minimum atomic E-state index is -1.04. The Bertz CT molecular complexity index is 1210. The third-order valence-electron chi connectivity index (χ3n) is 6.54. The highest BCUT2D eigenvalue weighted by molar-refractivity contribution is 5.93. The van der Waals surface area contributed by atoms with Crippen LogP contribution in [0.2, 0.25) is 0 Å². The first-order valence-electron chi connectivity index (χ1n) is 13.4. The van der Waals surface area contributed by atoms with Crippen LogP contribution in [0.3, 0.4) is 0 Å². The highest BCUT2D eigenvalue weighted by atomic mass is 16.6. The summed E-state index contributed by atoms with van der Waals surface area (Å²) in [5, 5.41) is 8.21. The van der Waals surface area contributed by atoms with E-state index in [-0.39, 0.29) is 18.8 Å². The predicted molar refractivity (Wildman–Crippen MR) is 149 cm³/mol. The number of methoxy groups -OCH3 is 1. The first-order valence-corrected chi connectivity index (χ1v) is 13.4. The molecule has 2 aliphatic rings. The molecule has 3 amide bonds. The van der Waals surface area contributed by atoms with Crippen LogP contribution >= 0.6 is 0 Å². The quantitative estimate of drug-likeness (QED) is 0.493. The van der Waals surface area contributed by atoms with E-state index in [4.69, 9.17) is 14.2 Å². The summed E-state index contributed by atoms with van der Waals surface area (Å²) < 4.78 is 16.3. The van der Waals surface area contributed by atoms with E-state index in [9.17, 15) is 19.2 Å². The monoisotopic (exact) mass is 553 g/mol. The molecule has 2 aliphatic heterocycles. The van der Waals surface area contributed by atoms with Gasteiger partial charge in [0.15, 0.2) is 0 Å². The molecule has 0 saturated heterocycles. The van der Waals surface area contributed by atoms with Gasteiger partial charge in [-0.15, -0.1) is 0 Å². The molecule has 2 aromatic carbocycles. The maximum atomic E-state index is 13.6. The van der Waals surface area contributed by atoms with Crippen LogP contribution in [0.4, 0.5) is 4.79 Å². The number of rotatable bonds is 4. The molecule has 10 heteroatoms. The minimum absolute atomic E-state index is 0.139. The molecule has 1 unspecified atom stereocenters. The van der Waals surface area contributed by atoms with Crippen LogP contribution in [-0.4, -0.2) is 54.7 Å². The zero-order chi connectivity index (χ0) is 29.4. The third-order valence-corrected chi connectivity index (χ3v) is 6.54. The molecular formula is C30H39N3O7. The fourth-order valence-corrected chi connectivity index (χ4v) is 4.25. The Kier molecular flexibility index (Phi) is 10.1. The Labute approximate surface area is 235 Å². The van der Waals surface area contributed by atoms with Gasteiger partial charge in [0.1, 0.15) is 35.2 Å². The summed E-state index contributed by atoms with van der Waals surface area (Å²) in [6, 6.07) is 11.4. The van der Waals surface area contributed by atoms with Gasteiger partial charge < -0.3 is 30.2 Å². The van der Waals surface area contributed by atoms with Crippen molar-refractivity contribution in [2.75, 3.05) is 7.11 Å². The van der Waals surface area contributed by atoms with Crippen molar-refractivity contribution in [2.45, 2.75) is 77.6 Å². The average molecular weight is 554 g/mol. The fraction of sp³-hybridized carbons (Fsp3) is 0.467. The van der Waals surface area contributed by atoms with E-state index in [1.165, 1.54) is 7.11 Å². The molecule has 4 bridgehead atoms. The van der Waals surface area contributed by atoms with Gasteiger partial charge in [0.25, 0.3) is 0 Å². The van der Waals surface area contributed by atoms with Gasteiger partial charge in [-0.1, -0.05) is 44.5 Å². The lowest BCUT2D eigenvalue weighted by molar-refractivity contribution is -0.145. The zero-order valence-corrected chi connectivity index (χ0v) is 23.9. The second-order valence-corrected chi connectivity index (χ2v) is 11.0. The molecule has 0 aliphatic carbocycles. The van der Waals surface area contributed by atoms with Gasteiger partial charge in [0, 0.05) is 12.8 Å². The Morgan fingerprint density at radius 3 is 2.33 bits per heavy atom. The molecule has 4 rings (SSSR count). The Morgan fingerprint density at radius 1 is 1.00 bits per heavy atom. The van der Waals surface area contributed by atoms with Crippen LogP contribution in [0, 0.1) is 5.92 Å². The van der Waals surface area contributed by atoms with Crippen LogP contribution in [0.5, 0.6) is 11.5 Å². The van der Waals surface area contributed by atoms with E-state index in [1.54, 1.807) is 63.2 Å². The zero-order valence-electron chi connectivity index (χ0n) is 23.9. The van der Waals surface area contributed by atoms with Gasteiger partial charge in [0.2, 0.25) is 11.8 Å². The molecule has 0 fully saturated rings. The largest absolute Gasteiger partial charge is 0.467 e. The summed E-state index contributed by atoms with van der Waals surface area (Å²) in [6.45, 7) is 8.90. The van der Waals surface area contributed by atoms with E-state index < -0.39 is 47.6 Å². The molecule has 10 nitrogen and oxygen atoms in total. The smallest absolute Gasteiger partial charge is 0.408 e. The standard InChI is InChI=1S/C30H39N3O7/c1-7-18(2)25-27(35)31-24(28(36)38-6)17-20-9-8-10-22(15-20)39-21-13-11-19(12-14-21)16-23(26(34)33-25)32-29(37)40-30(3,4)5/h8-15,18,23-25H,7,16-17H2,1-6H3,(H,31,35)(H,32,37)(H,33,34)/t18?,23-,24-,25-/m0/s1. The second kappa shape index (κ2) is 13.3. The molecular weight excluding hydrogens is 514 g/mol. The number of nitrogens with one attached hydrogen (secondary N) is 3. The van der Waals surface area contributed by atoms with Gasteiger partial charge >= 0.3 is 12.1 Å². The van der Waals surface area contributed by atoms with E-state index in [2.05, 4.69) is 16.0 Å². The van der Waals surface area contributed by atoms with Crippen molar-refractivity contribution in [3.63, 3.8) is 0 Å². The van der Waals surface area contributed by atoms with Crippen molar-refractivity contribution in [2.24, 2.45) is 5.92 Å². The first kappa shape index (κ1) is 30.5. The van der Waals surface area contributed by atoms with Crippen LogP contribution in [0.15, 0.2) is 48.5 Å². The number of ether oxygens (including phenoxy) is 3. The maximum absolute atomic E-state index is 13.6. The van der Waals surface area contributed by atoms with Crippen molar-refractivity contribution in [1.82, 2.24) is 16.0 Å². The number of carbonyl (C=O) groups is 4. The third kappa shape index (κ3) is 8.72. The molecule has 0 spiro atoms. The van der Waals surface area contributed by atoms with Crippen LogP contribution in [0.25, 0.3) is 0 Å². The number of esters is 1. The Balaban J connectivity index is 2.02. The van der Waals surface area contributed by atoms with Crippen molar-refractivity contribution in [3.05, 3.63) is 59.7 Å². The summed E-state index contributed by atoms with van der Waals surface area (Å²) in [5.74, 6) is -0.856. The Hall–Kier alpha value is -4.08. The number of benzene rings is 2. The van der Waals surface area contributed by atoms with Crippen LogP contribution in [0.1, 0.15) is 52.2 Å². The number of hydrogen-bond acceptors (Lipinski definition) is 7. The topological polar surface area (TPSA) is 132 Å². The number of hydrogen-bond donors (Lipinski definition) is 3. The number of fused-ring (bicyclic) bond motifs is 10. The van der Waals surface area contributed by atoms with Gasteiger partial charge in [-0.3, -0.25) is 9.59 Å². The fourth-order valence-electron chi connectivity index (χ4n) is 4.25. The molecule has 4 atom stereocenters. The van der Waals surface area contributed by atoms with Crippen molar-refractivity contribution >= 4 is 23.9 Å². The Morgan fingerprint density at radius 2 is 1.70 bits per heavy atom. The normalized spacial score (nSPS) is 20.7. The van der Waals surface area contributed by atoms with Crippen LogP contribution in [-0.2, 0) is 36.7 Å². The lowest BCUT2D eigenvalue weighted by Crippen LogP contribution is -2.58. The predicted octanol–water partition coefficient (Wildman–Crippen LogP) is 3.66. The maximum Gasteiger partial charge on any atom is 0.408 e. The summed E-state index contributed by atoms with van der Waals surface area (Å²) in [4.78, 5) is 52.4. The van der Waals surface area contributed by atoms with Gasteiger partial charge in [0.05, 0.1) is 7.11 Å².